The summed E-state index contributed by atoms with van der Waals surface area (Å²) in [6, 6.07) is 9.20. The van der Waals surface area contributed by atoms with Gasteiger partial charge in [0.15, 0.2) is 0 Å². The maximum absolute atomic E-state index is 13.6. The number of aliphatic hydroxyl groups is 1. The second-order valence-corrected chi connectivity index (χ2v) is 6.54. The first kappa shape index (κ1) is 19.5. The van der Waals surface area contributed by atoms with E-state index in [1.807, 2.05) is 0 Å². The van der Waals surface area contributed by atoms with E-state index in [1.165, 1.54) is 0 Å². The highest BCUT2D eigenvalue weighted by molar-refractivity contribution is 6.04. The van der Waals surface area contributed by atoms with Crippen molar-refractivity contribution in [3.8, 4) is 0 Å². The van der Waals surface area contributed by atoms with Crippen molar-refractivity contribution in [1.82, 2.24) is 5.32 Å². The lowest BCUT2D eigenvalue weighted by Crippen LogP contribution is -2.46. The molecular weight excluding hydrogens is 342 g/mol. The summed E-state index contributed by atoms with van der Waals surface area (Å²) < 4.78 is 26.5. The molecule has 0 saturated heterocycles. The zero-order valence-corrected chi connectivity index (χ0v) is 14.5. The van der Waals surface area contributed by atoms with Gasteiger partial charge in [-0.2, -0.15) is 0 Å². The molecule has 0 aliphatic rings. The summed E-state index contributed by atoms with van der Waals surface area (Å²) in [5.41, 5.74) is 0.159. The Bertz CT molecular complexity index is 805. The molecule has 7 heteroatoms. The van der Waals surface area contributed by atoms with Crippen molar-refractivity contribution < 1.29 is 23.5 Å². The van der Waals surface area contributed by atoms with Crippen molar-refractivity contribution in [1.29, 1.82) is 0 Å². The van der Waals surface area contributed by atoms with E-state index in [0.717, 1.165) is 12.1 Å². The van der Waals surface area contributed by atoms with Crippen LogP contribution in [0.4, 0.5) is 14.5 Å². The molecule has 138 valence electrons. The Morgan fingerprint density at radius 1 is 1.08 bits per heavy atom. The summed E-state index contributed by atoms with van der Waals surface area (Å²) in [7, 11) is 0. The van der Waals surface area contributed by atoms with Gasteiger partial charge in [0.2, 0.25) is 5.91 Å². The van der Waals surface area contributed by atoms with E-state index in [-0.39, 0.29) is 24.5 Å². The molecule has 0 bridgehead atoms. The van der Waals surface area contributed by atoms with Gasteiger partial charge < -0.3 is 15.7 Å². The van der Waals surface area contributed by atoms with Crippen LogP contribution < -0.4 is 10.6 Å². The number of halogens is 2. The highest BCUT2D eigenvalue weighted by Gasteiger charge is 2.19. The average molecular weight is 362 g/mol. The number of hydrogen-bond acceptors (Lipinski definition) is 3. The van der Waals surface area contributed by atoms with Gasteiger partial charge in [-0.15, -0.1) is 0 Å². The molecule has 2 aromatic carbocycles. The quantitative estimate of drug-likeness (QED) is 0.739. The topological polar surface area (TPSA) is 78.4 Å². The zero-order chi connectivity index (χ0) is 19.3. The lowest BCUT2D eigenvalue weighted by atomic mass is 10.1. The molecule has 26 heavy (non-hydrogen) atoms. The number of nitrogens with one attached hydrogen (secondary N) is 2. The third-order valence-corrected chi connectivity index (χ3v) is 3.63. The largest absolute Gasteiger partial charge is 0.394 e. The summed E-state index contributed by atoms with van der Waals surface area (Å²) in [6.07, 6.45) is 0.115. The van der Waals surface area contributed by atoms with Gasteiger partial charge in [-0.3, -0.25) is 9.59 Å². The molecular formula is C19H20F2N2O3. The standard InChI is InChI=1S/C19H20F2N2O3/c1-19(2,11-24)23-17(25)9-12-3-6-14(7-4-12)22-18(26)15-8-5-13(20)10-16(15)21/h3-8,10,24H,9,11H2,1-2H3,(H,22,26)(H,23,25). The van der Waals surface area contributed by atoms with Crippen LogP contribution in [0.25, 0.3) is 0 Å². The number of carbonyl (C=O) groups excluding carboxylic acids is 2. The number of carbonyl (C=O) groups is 2. The molecule has 0 radical (unpaired) electrons. The Kier molecular flexibility index (Phi) is 6.05. The molecule has 0 aliphatic heterocycles. The molecule has 0 saturated carbocycles. The number of anilines is 1. The highest BCUT2D eigenvalue weighted by atomic mass is 19.1. The van der Waals surface area contributed by atoms with Crippen LogP contribution >= 0.6 is 0 Å². The third-order valence-electron chi connectivity index (χ3n) is 3.63. The number of hydrogen-bond donors (Lipinski definition) is 3. The minimum Gasteiger partial charge on any atom is -0.394 e. The lowest BCUT2D eigenvalue weighted by molar-refractivity contribution is -0.122. The SMILES string of the molecule is CC(C)(CO)NC(=O)Cc1ccc(NC(=O)c2ccc(F)cc2F)cc1. The highest BCUT2D eigenvalue weighted by Crippen LogP contribution is 2.15. The van der Waals surface area contributed by atoms with Crippen molar-refractivity contribution >= 4 is 17.5 Å². The maximum Gasteiger partial charge on any atom is 0.258 e. The Labute approximate surface area is 150 Å². The van der Waals surface area contributed by atoms with Gasteiger partial charge in [0.1, 0.15) is 11.6 Å². The summed E-state index contributed by atoms with van der Waals surface area (Å²) in [4.78, 5) is 24.0. The van der Waals surface area contributed by atoms with Crippen LogP contribution in [0.3, 0.4) is 0 Å². The first-order valence-electron chi connectivity index (χ1n) is 7.97. The number of amides is 2. The molecule has 0 aromatic heterocycles. The molecule has 2 amide bonds. The Balaban J connectivity index is 1.99. The molecule has 0 heterocycles. The Morgan fingerprint density at radius 3 is 2.31 bits per heavy atom. The molecule has 0 fully saturated rings. The van der Waals surface area contributed by atoms with Crippen LogP contribution in [0.5, 0.6) is 0 Å². The van der Waals surface area contributed by atoms with Gasteiger partial charge in [-0.25, -0.2) is 8.78 Å². The van der Waals surface area contributed by atoms with E-state index in [9.17, 15) is 18.4 Å². The average Bonchev–Trinajstić information content (AvgIpc) is 2.56. The second-order valence-electron chi connectivity index (χ2n) is 6.54. The Morgan fingerprint density at radius 2 is 1.73 bits per heavy atom. The van der Waals surface area contributed by atoms with Crippen molar-refractivity contribution in [2.75, 3.05) is 11.9 Å². The first-order chi connectivity index (χ1) is 12.2. The van der Waals surface area contributed by atoms with E-state index in [1.54, 1.807) is 38.1 Å². The van der Waals surface area contributed by atoms with E-state index in [0.29, 0.717) is 17.3 Å². The molecule has 0 unspecified atom stereocenters. The number of benzene rings is 2. The van der Waals surface area contributed by atoms with E-state index in [2.05, 4.69) is 10.6 Å². The smallest absolute Gasteiger partial charge is 0.258 e. The van der Waals surface area contributed by atoms with Crippen LogP contribution in [0.15, 0.2) is 42.5 Å². The van der Waals surface area contributed by atoms with Gasteiger partial charge in [-0.1, -0.05) is 12.1 Å². The van der Waals surface area contributed by atoms with Crippen molar-refractivity contribution in [2.24, 2.45) is 0 Å². The summed E-state index contributed by atoms with van der Waals surface area (Å²) >= 11 is 0. The van der Waals surface area contributed by atoms with Crippen LogP contribution in [-0.4, -0.2) is 29.1 Å². The summed E-state index contributed by atoms with van der Waals surface area (Å²) in [5, 5.41) is 14.4. The predicted octanol–water partition coefficient (Wildman–Crippen LogP) is 2.65. The van der Waals surface area contributed by atoms with Gasteiger partial charge in [0.25, 0.3) is 5.91 Å². The Hall–Kier alpha value is -2.80. The van der Waals surface area contributed by atoms with Crippen LogP contribution in [0, 0.1) is 11.6 Å². The monoisotopic (exact) mass is 362 g/mol. The van der Waals surface area contributed by atoms with E-state index >= 15 is 0 Å². The molecule has 0 aliphatic carbocycles. The van der Waals surface area contributed by atoms with E-state index in [4.69, 9.17) is 5.11 Å². The van der Waals surface area contributed by atoms with Gasteiger partial charge >= 0.3 is 0 Å². The first-order valence-corrected chi connectivity index (χ1v) is 7.97. The summed E-state index contributed by atoms with van der Waals surface area (Å²) in [5.74, 6) is -2.64. The fourth-order valence-corrected chi connectivity index (χ4v) is 2.22. The van der Waals surface area contributed by atoms with Crippen molar-refractivity contribution in [3.05, 3.63) is 65.2 Å². The number of rotatable bonds is 6. The van der Waals surface area contributed by atoms with Crippen molar-refractivity contribution in [3.63, 3.8) is 0 Å². The van der Waals surface area contributed by atoms with Gasteiger partial charge in [0.05, 0.1) is 24.1 Å². The van der Waals surface area contributed by atoms with Crippen LogP contribution in [0.2, 0.25) is 0 Å². The molecule has 5 nitrogen and oxygen atoms in total. The van der Waals surface area contributed by atoms with Crippen LogP contribution in [-0.2, 0) is 11.2 Å². The molecule has 3 N–H and O–H groups in total. The molecule has 2 rings (SSSR count). The van der Waals surface area contributed by atoms with Gasteiger partial charge in [-0.05, 0) is 43.7 Å². The van der Waals surface area contributed by atoms with Crippen LogP contribution in [0.1, 0.15) is 29.8 Å². The molecule has 0 atom stereocenters. The molecule has 0 spiro atoms. The summed E-state index contributed by atoms with van der Waals surface area (Å²) in [6.45, 7) is 3.24. The minimum absolute atomic E-state index is 0.115. The second kappa shape index (κ2) is 8.05. The van der Waals surface area contributed by atoms with Crippen molar-refractivity contribution in [2.45, 2.75) is 25.8 Å². The molecule has 2 aromatic rings. The fourth-order valence-electron chi connectivity index (χ4n) is 2.22. The predicted molar refractivity (Wildman–Crippen MR) is 93.8 cm³/mol. The third kappa shape index (κ3) is 5.35. The van der Waals surface area contributed by atoms with Gasteiger partial charge in [0, 0.05) is 11.8 Å². The number of aliphatic hydroxyl groups excluding tert-OH is 1. The maximum atomic E-state index is 13.6. The normalized spacial score (nSPS) is 11.1. The zero-order valence-electron chi connectivity index (χ0n) is 14.5. The van der Waals surface area contributed by atoms with E-state index < -0.39 is 23.1 Å². The lowest BCUT2D eigenvalue weighted by Gasteiger charge is -2.23. The minimum atomic E-state index is -0.942. The fraction of sp³-hybridized carbons (Fsp3) is 0.263.